The lowest BCUT2D eigenvalue weighted by Gasteiger charge is -2.26. The molecule has 0 bridgehead atoms. The Morgan fingerprint density at radius 1 is 1.26 bits per heavy atom. The molecular weight excluding hydrogens is 240 g/mol. The fourth-order valence-corrected chi connectivity index (χ4v) is 3.21. The molecule has 4 atom stereocenters. The van der Waals surface area contributed by atoms with Crippen molar-refractivity contribution in [1.29, 1.82) is 0 Å². The minimum atomic E-state index is 0.257. The van der Waals surface area contributed by atoms with Gasteiger partial charge in [0.25, 0.3) is 0 Å². The number of ether oxygens (including phenoxy) is 2. The van der Waals surface area contributed by atoms with Crippen molar-refractivity contribution in [3.63, 3.8) is 0 Å². The molecule has 112 valence electrons. The molecule has 0 aromatic carbocycles. The number of rotatable bonds is 8. The maximum atomic E-state index is 11.6. The summed E-state index contributed by atoms with van der Waals surface area (Å²) in [4.78, 5) is 11.6. The first kappa shape index (κ1) is 16.6. The van der Waals surface area contributed by atoms with Crippen LogP contribution in [0.25, 0.3) is 0 Å². The van der Waals surface area contributed by atoms with E-state index < -0.39 is 0 Å². The molecule has 3 nitrogen and oxygen atoms in total. The lowest BCUT2D eigenvalue weighted by molar-refractivity contribution is -0.121. The van der Waals surface area contributed by atoms with Crippen LogP contribution in [0.1, 0.15) is 53.4 Å². The maximum Gasteiger partial charge on any atom is 0.146 e. The van der Waals surface area contributed by atoms with Gasteiger partial charge >= 0.3 is 0 Å². The van der Waals surface area contributed by atoms with Crippen LogP contribution in [0.3, 0.4) is 0 Å². The molecule has 1 aliphatic carbocycles. The number of hydrogen-bond donors (Lipinski definition) is 0. The van der Waals surface area contributed by atoms with E-state index in [-0.39, 0.29) is 12.0 Å². The molecule has 1 saturated carbocycles. The monoisotopic (exact) mass is 270 g/mol. The molecule has 0 unspecified atom stereocenters. The van der Waals surface area contributed by atoms with Gasteiger partial charge in [-0.05, 0) is 37.0 Å². The number of carbonyl (C=O) groups is 1. The molecule has 0 N–H and O–H groups in total. The standard InChI is InChI=1S/C16H30O3/c1-11(2)16(19-10-18-5)9-6-12(3)14-7-8-15(17)13(14)4/h11-14,16H,6-10H2,1-5H3/t12-,13-,14-,16+/m1/s1. The third-order valence-corrected chi connectivity index (χ3v) is 4.66. The van der Waals surface area contributed by atoms with E-state index in [2.05, 4.69) is 27.7 Å². The van der Waals surface area contributed by atoms with Gasteiger partial charge in [0.05, 0.1) is 6.10 Å². The normalized spacial score (nSPS) is 26.9. The summed E-state index contributed by atoms with van der Waals surface area (Å²) in [6.45, 7) is 9.13. The second-order valence-electron chi connectivity index (χ2n) is 6.37. The van der Waals surface area contributed by atoms with Crippen LogP contribution in [-0.2, 0) is 14.3 Å². The van der Waals surface area contributed by atoms with Gasteiger partial charge in [0, 0.05) is 19.4 Å². The zero-order chi connectivity index (χ0) is 14.4. The van der Waals surface area contributed by atoms with Gasteiger partial charge in [0.15, 0.2) is 0 Å². The maximum absolute atomic E-state index is 11.6. The van der Waals surface area contributed by atoms with Gasteiger partial charge in [-0.25, -0.2) is 0 Å². The molecule has 3 heteroatoms. The van der Waals surface area contributed by atoms with Crippen LogP contribution in [0.15, 0.2) is 0 Å². The summed E-state index contributed by atoms with van der Waals surface area (Å²) >= 11 is 0. The van der Waals surface area contributed by atoms with E-state index in [9.17, 15) is 4.79 Å². The number of carbonyl (C=O) groups excluding carboxylic acids is 1. The number of hydrogen-bond acceptors (Lipinski definition) is 3. The molecule has 0 radical (unpaired) electrons. The van der Waals surface area contributed by atoms with Gasteiger partial charge in [-0.3, -0.25) is 4.79 Å². The van der Waals surface area contributed by atoms with Gasteiger partial charge in [0.1, 0.15) is 12.6 Å². The minimum absolute atomic E-state index is 0.257. The molecule has 0 aromatic heterocycles. The Balaban J connectivity index is 2.38. The predicted molar refractivity (Wildman–Crippen MR) is 76.9 cm³/mol. The highest BCUT2D eigenvalue weighted by molar-refractivity contribution is 5.83. The van der Waals surface area contributed by atoms with Crippen molar-refractivity contribution in [3.8, 4) is 0 Å². The summed E-state index contributed by atoms with van der Waals surface area (Å²) in [7, 11) is 1.66. The van der Waals surface area contributed by atoms with E-state index in [1.165, 1.54) is 0 Å². The smallest absolute Gasteiger partial charge is 0.146 e. The Labute approximate surface area is 118 Å². The zero-order valence-electron chi connectivity index (χ0n) is 13.1. The van der Waals surface area contributed by atoms with Gasteiger partial charge < -0.3 is 9.47 Å². The largest absolute Gasteiger partial charge is 0.359 e. The molecule has 0 heterocycles. The summed E-state index contributed by atoms with van der Waals surface area (Å²) in [6.07, 6.45) is 4.31. The molecule has 1 rings (SSSR count). The van der Waals surface area contributed by atoms with Crippen molar-refractivity contribution >= 4 is 5.78 Å². The van der Waals surface area contributed by atoms with Gasteiger partial charge in [-0.2, -0.15) is 0 Å². The van der Waals surface area contributed by atoms with E-state index in [0.717, 1.165) is 25.7 Å². The summed E-state index contributed by atoms with van der Waals surface area (Å²) in [5.74, 6) is 2.39. The van der Waals surface area contributed by atoms with Crippen LogP contribution in [0.4, 0.5) is 0 Å². The Bertz CT molecular complexity index is 275. The molecule has 1 aliphatic rings. The van der Waals surface area contributed by atoms with Crippen LogP contribution < -0.4 is 0 Å². The van der Waals surface area contributed by atoms with Gasteiger partial charge in [-0.15, -0.1) is 0 Å². The molecule has 0 aliphatic heterocycles. The van der Waals surface area contributed by atoms with Crippen LogP contribution in [0.5, 0.6) is 0 Å². The Morgan fingerprint density at radius 3 is 2.42 bits per heavy atom. The molecule has 19 heavy (non-hydrogen) atoms. The van der Waals surface area contributed by atoms with E-state index >= 15 is 0 Å². The fraction of sp³-hybridized carbons (Fsp3) is 0.938. The predicted octanol–water partition coefficient (Wildman–Crippen LogP) is 3.66. The lowest BCUT2D eigenvalue weighted by Crippen LogP contribution is -2.24. The van der Waals surface area contributed by atoms with E-state index in [1.807, 2.05) is 0 Å². The highest BCUT2D eigenvalue weighted by Crippen LogP contribution is 2.36. The Kier molecular flexibility index (Phi) is 7.01. The third kappa shape index (κ3) is 4.88. The van der Waals surface area contributed by atoms with Gasteiger partial charge in [0.2, 0.25) is 0 Å². The van der Waals surface area contributed by atoms with Crippen molar-refractivity contribution in [2.45, 2.75) is 59.5 Å². The van der Waals surface area contributed by atoms with Crippen LogP contribution in [-0.4, -0.2) is 25.8 Å². The number of Topliss-reactive ketones (excluding diaryl/α,β-unsaturated/α-hetero) is 1. The second kappa shape index (κ2) is 8.01. The summed E-state index contributed by atoms with van der Waals surface area (Å²) < 4.78 is 10.7. The summed E-state index contributed by atoms with van der Waals surface area (Å²) in [5, 5.41) is 0. The molecule has 0 amide bonds. The van der Waals surface area contributed by atoms with Crippen molar-refractivity contribution in [1.82, 2.24) is 0 Å². The summed E-state index contributed by atoms with van der Waals surface area (Å²) in [6, 6.07) is 0. The molecular formula is C16H30O3. The Morgan fingerprint density at radius 2 is 1.95 bits per heavy atom. The number of methoxy groups -OCH3 is 1. The average Bonchev–Trinajstić information content (AvgIpc) is 2.69. The van der Waals surface area contributed by atoms with Crippen molar-refractivity contribution in [2.75, 3.05) is 13.9 Å². The van der Waals surface area contributed by atoms with Crippen molar-refractivity contribution in [2.24, 2.45) is 23.7 Å². The minimum Gasteiger partial charge on any atom is -0.359 e. The van der Waals surface area contributed by atoms with E-state index in [4.69, 9.17) is 9.47 Å². The van der Waals surface area contributed by atoms with Gasteiger partial charge in [-0.1, -0.05) is 27.7 Å². The van der Waals surface area contributed by atoms with Crippen molar-refractivity contribution in [3.05, 3.63) is 0 Å². The number of ketones is 1. The molecule has 0 spiro atoms. The quantitative estimate of drug-likeness (QED) is 0.631. The van der Waals surface area contributed by atoms with Crippen LogP contribution in [0, 0.1) is 23.7 Å². The summed E-state index contributed by atoms with van der Waals surface area (Å²) in [5.41, 5.74) is 0. The molecule has 0 saturated heterocycles. The topological polar surface area (TPSA) is 35.5 Å². The van der Waals surface area contributed by atoms with Crippen molar-refractivity contribution < 1.29 is 14.3 Å². The van der Waals surface area contributed by atoms with E-state index in [1.54, 1.807) is 7.11 Å². The second-order valence-corrected chi connectivity index (χ2v) is 6.37. The highest BCUT2D eigenvalue weighted by Gasteiger charge is 2.34. The van der Waals surface area contributed by atoms with Crippen LogP contribution >= 0.6 is 0 Å². The zero-order valence-corrected chi connectivity index (χ0v) is 13.1. The first-order chi connectivity index (χ1) is 8.97. The molecule has 1 fully saturated rings. The fourth-order valence-electron chi connectivity index (χ4n) is 3.21. The third-order valence-electron chi connectivity index (χ3n) is 4.66. The SMILES string of the molecule is COCO[C@@H](CC[C@@H](C)[C@H]1CCC(=O)[C@@H]1C)C(C)C. The average molecular weight is 270 g/mol. The Hall–Kier alpha value is -0.410. The first-order valence-electron chi connectivity index (χ1n) is 7.60. The van der Waals surface area contributed by atoms with Crippen LogP contribution in [0.2, 0.25) is 0 Å². The molecule has 0 aromatic rings. The lowest BCUT2D eigenvalue weighted by atomic mass is 9.82. The highest BCUT2D eigenvalue weighted by atomic mass is 16.7. The van der Waals surface area contributed by atoms with E-state index in [0.29, 0.717) is 30.3 Å². The first-order valence-corrected chi connectivity index (χ1v) is 7.60.